The van der Waals surface area contributed by atoms with E-state index in [4.69, 9.17) is 11.6 Å². The lowest BCUT2D eigenvalue weighted by Crippen LogP contribution is -2.22. The molecule has 0 bridgehead atoms. The number of halogens is 4. The molecule has 3 atom stereocenters. The number of hydrogen-bond donors (Lipinski definition) is 4. The number of aliphatic hydroxyl groups is 3. The Hall–Kier alpha value is -1.71. The lowest BCUT2D eigenvalue weighted by Gasteiger charge is -2.23. The number of fused-ring (bicyclic) bond motifs is 1. The van der Waals surface area contributed by atoms with Crippen molar-refractivity contribution in [2.75, 3.05) is 11.9 Å². The number of pyridine rings is 1. The molecule has 0 radical (unpaired) electrons. The lowest BCUT2D eigenvalue weighted by atomic mass is 10.00. The molecule has 37 heavy (non-hydrogen) atoms. The number of hydrogen-bond acceptors (Lipinski definition) is 7. The predicted molar refractivity (Wildman–Crippen MR) is 160 cm³/mol. The van der Waals surface area contributed by atoms with Gasteiger partial charge in [0, 0.05) is 28.9 Å². The first-order valence-corrected chi connectivity index (χ1v) is 13.8. The Bertz CT molecular complexity index is 1460. The van der Waals surface area contributed by atoms with Crippen molar-refractivity contribution in [3.63, 3.8) is 0 Å². The molecule has 0 aliphatic heterocycles. The van der Waals surface area contributed by atoms with Gasteiger partial charge >= 0.3 is 0 Å². The summed E-state index contributed by atoms with van der Waals surface area (Å²) >= 11 is 10.3. The van der Waals surface area contributed by atoms with Gasteiger partial charge in [-0.1, -0.05) is 23.7 Å². The average Bonchev–Trinajstić information content (AvgIpc) is 2.86. The van der Waals surface area contributed by atoms with Crippen molar-refractivity contribution >= 4 is 73.4 Å². The van der Waals surface area contributed by atoms with E-state index in [1.165, 1.54) is 18.2 Å². The molecule has 7 nitrogen and oxygen atoms in total. The van der Waals surface area contributed by atoms with Gasteiger partial charge in [0.1, 0.15) is 5.82 Å². The summed E-state index contributed by atoms with van der Waals surface area (Å²) < 4.78 is 12.1. The molecule has 0 saturated carbocycles. The average molecular weight is 749 g/mol. The molecule has 0 fully saturated rings. The predicted octanol–water partition coefficient (Wildman–Crippen LogP) is 6.14. The van der Waals surface area contributed by atoms with Crippen molar-refractivity contribution < 1.29 is 19.7 Å². The van der Waals surface area contributed by atoms with Crippen LogP contribution in [0.4, 0.5) is 10.1 Å². The highest BCUT2D eigenvalue weighted by Gasteiger charge is 2.27. The number of anilines is 1. The molecule has 2 aromatic heterocycles. The summed E-state index contributed by atoms with van der Waals surface area (Å²) in [6, 6.07) is 9.39. The van der Waals surface area contributed by atoms with E-state index in [1.807, 2.05) is 40.8 Å². The van der Waals surface area contributed by atoms with E-state index in [0.29, 0.717) is 38.9 Å². The highest BCUT2D eigenvalue weighted by molar-refractivity contribution is 14.1. The summed E-state index contributed by atoms with van der Waals surface area (Å²) in [6.07, 6.45) is 3.28. The molecule has 2 heterocycles. The van der Waals surface area contributed by atoms with Gasteiger partial charge in [-0.05, 0) is 101 Å². The molecular formula is C26H24ClFI2N4O3. The minimum absolute atomic E-state index is 0.304. The van der Waals surface area contributed by atoms with Crippen LogP contribution < -0.4 is 5.32 Å². The minimum Gasteiger partial charge on any atom is -0.392 e. The van der Waals surface area contributed by atoms with E-state index < -0.39 is 25.7 Å². The third-order valence-electron chi connectivity index (χ3n) is 5.96. The Balaban J connectivity index is 1.77. The largest absolute Gasteiger partial charge is 0.392 e. The Morgan fingerprint density at radius 1 is 1.08 bits per heavy atom. The van der Waals surface area contributed by atoms with Crippen LogP contribution in [0.5, 0.6) is 0 Å². The van der Waals surface area contributed by atoms with Gasteiger partial charge in [-0.3, -0.25) is 4.98 Å². The van der Waals surface area contributed by atoms with Crippen LogP contribution in [0, 0.1) is 12.7 Å². The van der Waals surface area contributed by atoms with Gasteiger partial charge in [-0.2, -0.15) is 0 Å². The van der Waals surface area contributed by atoms with Crippen molar-refractivity contribution in [3.05, 3.63) is 82.3 Å². The Morgan fingerprint density at radius 3 is 2.38 bits per heavy atom. The highest BCUT2D eigenvalue weighted by Crippen LogP contribution is 2.38. The molecule has 0 saturated heterocycles. The fourth-order valence-electron chi connectivity index (χ4n) is 3.90. The van der Waals surface area contributed by atoms with Gasteiger partial charge in [0.25, 0.3) is 0 Å². The molecule has 2 unspecified atom stereocenters. The fourth-order valence-corrected chi connectivity index (χ4v) is 4.71. The quantitative estimate of drug-likeness (QED) is 0.133. The lowest BCUT2D eigenvalue weighted by molar-refractivity contribution is 0.0787. The molecule has 4 aromatic rings. The summed E-state index contributed by atoms with van der Waals surface area (Å²) in [5, 5.41) is 34.6. The zero-order valence-corrected chi connectivity index (χ0v) is 25.2. The summed E-state index contributed by atoms with van der Waals surface area (Å²) in [5.74, 6) is -0.151. The smallest absolute Gasteiger partial charge is 0.172 e. The third kappa shape index (κ3) is 5.98. The van der Waals surface area contributed by atoms with E-state index in [1.54, 1.807) is 55.8 Å². The second-order valence-electron chi connectivity index (χ2n) is 8.89. The first kappa shape index (κ1) is 28.3. The zero-order chi connectivity index (χ0) is 27.1. The molecule has 2 aromatic carbocycles. The van der Waals surface area contributed by atoms with Gasteiger partial charge in [0.15, 0.2) is 13.0 Å². The highest BCUT2D eigenvalue weighted by atomic mass is 127. The van der Waals surface area contributed by atoms with Crippen LogP contribution in [0.1, 0.15) is 42.5 Å². The van der Waals surface area contributed by atoms with E-state index in [0.717, 1.165) is 16.5 Å². The normalized spacial score (nSPS) is 15.7. The van der Waals surface area contributed by atoms with E-state index in [9.17, 15) is 19.7 Å². The maximum atomic E-state index is 14.8. The molecule has 11 heteroatoms. The Morgan fingerprint density at radius 2 is 1.76 bits per heavy atom. The number of benzene rings is 2. The monoisotopic (exact) mass is 748 g/mol. The second kappa shape index (κ2) is 10.8. The van der Waals surface area contributed by atoms with Crippen molar-refractivity contribution in [2.45, 2.75) is 34.0 Å². The van der Waals surface area contributed by atoms with Gasteiger partial charge in [-0.25, -0.2) is 14.4 Å². The molecule has 194 valence electrons. The fraction of sp³-hybridized carbons (Fsp3) is 0.269. The number of aromatic nitrogens is 3. The summed E-state index contributed by atoms with van der Waals surface area (Å²) in [7, 11) is 0. The SMILES string of the molecule is Cc1nc2ccc(-c3cnc(C(C)(O)I)nc3)cc2c(N[C@H](C)c2cc(C(O)(I)CO)ccc2F)c1Cl. The van der Waals surface area contributed by atoms with Crippen LogP contribution in [0.2, 0.25) is 5.02 Å². The first-order valence-electron chi connectivity index (χ1n) is 11.2. The van der Waals surface area contributed by atoms with Crippen molar-refractivity contribution in [2.24, 2.45) is 0 Å². The van der Waals surface area contributed by atoms with Crippen molar-refractivity contribution in [3.8, 4) is 11.1 Å². The zero-order valence-electron chi connectivity index (χ0n) is 20.1. The van der Waals surface area contributed by atoms with Gasteiger partial charge in [0.2, 0.25) is 0 Å². The summed E-state index contributed by atoms with van der Waals surface area (Å²) in [5.41, 5.74) is 4.16. The van der Waals surface area contributed by atoms with Gasteiger partial charge in [-0.15, -0.1) is 0 Å². The molecule has 0 spiro atoms. The topological polar surface area (TPSA) is 111 Å². The Labute approximate surface area is 245 Å². The van der Waals surface area contributed by atoms with Crippen LogP contribution >= 0.6 is 56.8 Å². The minimum atomic E-state index is -1.53. The van der Waals surface area contributed by atoms with E-state index in [-0.39, 0.29) is 0 Å². The summed E-state index contributed by atoms with van der Waals surface area (Å²) in [6.45, 7) is 4.68. The number of alkyl halides is 2. The van der Waals surface area contributed by atoms with Gasteiger partial charge in [0.05, 0.1) is 34.6 Å². The number of aryl methyl sites for hydroxylation is 1. The third-order valence-corrected chi connectivity index (χ3v) is 7.87. The molecule has 4 N–H and O–H groups in total. The molecule has 0 aliphatic carbocycles. The maximum absolute atomic E-state index is 14.8. The summed E-state index contributed by atoms with van der Waals surface area (Å²) in [4.78, 5) is 13.2. The number of rotatable bonds is 7. The number of nitrogens with zero attached hydrogens (tertiary/aromatic N) is 3. The van der Waals surface area contributed by atoms with Crippen LogP contribution in [0.25, 0.3) is 22.0 Å². The van der Waals surface area contributed by atoms with Crippen LogP contribution in [-0.2, 0) is 7.22 Å². The first-order chi connectivity index (χ1) is 17.3. The van der Waals surface area contributed by atoms with Gasteiger partial charge < -0.3 is 20.6 Å². The van der Waals surface area contributed by atoms with Crippen LogP contribution in [-0.4, -0.2) is 36.9 Å². The molecule has 4 rings (SSSR count). The number of nitrogens with one attached hydrogen (secondary N) is 1. The number of aliphatic hydroxyl groups excluding tert-OH is 1. The second-order valence-corrected chi connectivity index (χ2v) is 13.1. The maximum Gasteiger partial charge on any atom is 0.172 e. The van der Waals surface area contributed by atoms with Crippen LogP contribution in [0.15, 0.2) is 48.8 Å². The molecule has 0 amide bonds. The van der Waals surface area contributed by atoms with Crippen LogP contribution in [0.3, 0.4) is 0 Å². The standard InChI is InChI=1S/C26H24ClFI2N4O3/c1-13(18-9-17(5-6-20(18)28)26(30,37)12-35)34-23-19-8-15(4-7-21(19)33-14(2)22(23)27)16-10-31-24(32-11-16)25(3,29)36/h4-11,13,35-37H,12H2,1-3H3,(H,33,34)/t13-,25?,26?/m1/s1. The van der Waals surface area contributed by atoms with Crippen molar-refractivity contribution in [1.29, 1.82) is 0 Å². The van der Waals surface area contributed by atoms with E-state index in [2.05, 4.69) is 20.3 Å². The van der Waals surface area contributed by atoms with Crippen molar-refractivity contribution in [1.82, 2.24) is 15.0 Å². The van der Waals surface area contributed by atoms with E-state index >= 15 is 0 Å². The molecule has 0 aliphatic rings. The molecular weight excluding hydrogens is 725 g/mol. The Kier molecular flexibility index (Phi) is 8.27.